The number of likely N-dealkylation sites (tertiary alicyclic amines) is 1. The van der Waals surface area contributed by atoms with Crippen LogP contribution in [0.25, 0.3) is 36.1 Å². The summed E-state index contributed by atoms with van der Waals surface area (Å²) in [7, 11) is 8.23. The maximum Gasteiger partial charge on any atom is 0.346 e. The van der Waals surface area contributed by atoms with Gasteiger partial charge in [-0.2, -0.15) is 4.85 Å². The molecule has 5 aromatic heterocycles. The fourth-order valence-electron chi connectivity index (χ4n) is 19.1. The first-order valence-electron chi connectivity index (χ1n) is 49.2. The minimum Gasteiger partial charge on any atom is -0.475 e. The van der Waals surface area contributed by atoms with Gasteiger partial charge >= 0.3 is 5.88 Å². The van der Waals surface area contributed by atoms with Gasteiger partial charge in [-0.15, -0.1) is 15.0 Å². The number of piperazine rings is 1. The lowest BCUT2D eigenvalue weighted by Gasteiger charge is -2.43. The molecule has 0 radical (unpaired) electrons. The van der Waals surface area contributed by atoms with Crippen molar-refractivity contribution in [2.45, 2.75) is 266 Å². The zero-order chi connectivity index (χ0) is 97.8. The smallest absolute Gasteiger partial charge is 0.346 e. The lowest BCUT2D eigenvalue weighted by atomic mass is 9.73. The number of likely N-dealkylation sites (N-methyl/N-ethyl adjacent to an activating group) is 1. The highest BCUT2D eigenvalue weighted by molar-refractivity contribution is 6.45. The molecular weight excluding hydrogens is 1700 g/mol. The first-order chi connectivity index (χ1) is 64.8. The van der Waals surface area contributed by atoms with Crippen LogP contribution in [-0.4, -0.2) is 199 Å². The number of nitrogens with zero attached hydrogens (tertiary/aromatic N) is 17. The van der Waals surface area contributed by atoms with E-state index in [1.54, 1.807) is 18.2 Å². The number of carbonyl (C=O) groups is 4. The summed E-state index contributed by atoms with van der Waals surface area (Å²) in [5.41, 5.74) is 13.3. The number of aliphatic imine (C=N–C) groups is 3. The van der Waals surface area contributed by atoms with Crippen molar-refractivity contribution >= 4 is 91.9 Å². The lowest BCUT2D eigenvalue weighted by molar-refractivity contribution is -0.111. The molecule has 5 aromatic rings. The van der Waals surface area contributed by atoms with Gasteiger partial charge in [-0.05, 0) is 326 Å². The van der Waals surface area contributed by atoms with Gasteiger partial charge in [0.05, 0.1) is 80.3 Å². The minimum absolute atomic E-state index is 0.0962. The average molecular weight is 1850 g/mol. The molecule has 10 aliphatic rings. The third-order valence-corrected chi connectivity index (χ3v) is 28.3. The molecule has 4 aliphatic carbocycles. The van der Waals surface area contributed by atoms with Crippen LogP contribution >= 0.6 is 0 Å². The van der Waals surface area contributed by atoms with Gasteiger partial charge < -0.3 is 69.3 Å². The number of allylic oxidation sites excluding steroid dienone is 9. The van der Waals surface area contributed by atoms with Crippen LogP contribution in [0.4, 0.5) is 34.5 Å². The normalized spacial score (nSPS) is 19.0. The predicted octanol–water partition coefficient (Wildman–Crippen LogP) is 21.7. The summed E-state index contributed by atoms with van der Waals surface area (Å²) in [5.74, 6) is 0.637. The van der Waals surface area contributed by atoms with Gasteiger partial charge in [0.2, 0.25) is 0 Å². The molecule has 28 heteroatoms. The van der Waals surface area contributed by atoms with Crippen LogP contribution in [0.3, 0.4) is 0 Å². The number of hydrogen-bond acceptors (Lipinski definition) is 20. The van der Waals surface area contributed by atoms with E-state index in [1.165, 1.54) is 80.2 Å². The third-order valence-electron chi connectivity index (χ3n) is 28.3. The van der Waals surface area contributed by atoms with Crippen LogP contribution in [-0.2, 0) is 46.1 Å². The third kappa shape index (κ3) is 27.4. The Labute approximate surface area is 808 Å². The van der Waals surface area contributed by atoms with Crippen LogP contribution in [0.5, 0.6) is 0 Å². The highest BCUT2D eigenvalue weighted by atomic mass is 16.5. The average Bonchev–Trinajstić information content (AvgIpc) is 0.995. The van der Waals surface area contributed by atoms with E-state index in [4.69, 9.17) is 60.1 Å². The fraction of sp³-hybridized carbons (Fsp3) is 0.565. The number of furan rings is 1. The highest BCUT2D eigenvalue weighted by Gasteiger charge is 2.40. The summed E-state index contributed by atoms with van der Waals surface area (Å²) in [6, 6.07) is 18.8. The summed E-state index contributed by atoms with van der Waals surface area (Å²) >= 11 is 0. The van der Waals surface area contributed by atoms with Gasteiger partial charge in [-0.3, -0.25) is 29.0 Å². The molecule has 6 aliphatic heterocycles. The molecule has 3 saturated heterocycles. The maximum atomic E-state index is 13.0. The van der Waals surface area contributed by atoms with Crippen LogP contribution in [0.15, 0.2) is 134 Å². The van der Waals surface area contributed by atoms with E-state index < -0.39 is 11.2 Å². The molecule has 0 bridgehead atoms. The van der Waals surface area contributed by atoms with E-state index in [1.807, 2.05) is 64.1 Å². The second-order valence-corrected chi connectivity index (χ2v) is 41.7. The number of piperidine rings is 2. The second kappa shape index (κ2) is 46.2. The number of hydrogen-bond donors (Lipinski definition) is 4. The van der Waals surface area contributed by atoms with Crippen molar-refractivity contribution < 1.29 is 33.1 Å². The van der Waals surface area contributed by atoms with E-state index in [2.05, 4.69) is 206 Å². The van der Waals surface area contributed by atoms with Crippen molar-refractivity contribution in [2.75, 3.05) is 140 Å². The molecule has 4 amide bonds. The summed E-state index contributed by atoms with van der Waals surface area (Å²) in [6.45, 7) is 69.5. The van der Waals surface area contributed by atoms with E-state index in [9.17, 15) is 19.2 Å². The zero-order valence-corrected chi connectivity index (χ0v) is 83.9. The fourth-order valence-corrected chi connectivity index (χ4v) is 19.1. The first kappa shape index (κ1) is 104. The Morgan fingerprint density at radius 1 is 0.434 bits per heavy atom. The van der Waals surface area contributed by atoms with Crippen LogP contribution in [0.1, 0.15) is 295 Å². The highest BCUT2D eigenvalue weighted by Crippen LogP contribution is 2.51. The standard InChI is InChI=1S/C29H38N4O3.C28H38N6O.C27H35N5O.C24H34N6O2/c1-28(2,35-20-8-19-33(4)5)24-11-9-22(31-27(34)23-10-12-25(30-3)36-23)26(32-24)21-13-17-29(18-14-21)15-6-7-16-29;1-7-33-16-18-34(19-17-33)28(4,5)23-10-8-21(31-26(35)22-9-11-24(29-6)30-22)25(32-23)20-12-14-27(2,3)15-13-20;1-26(2)15-13-19(14-16-26)24-20(30-25(33)21-10-12-23(28-5)29-21)9-11-22(31-24)27(3,4)32-17-7-6-8-18-32;1-24(2,32-17-9-14-29(4)5)20-12-10-18(22(28-20)30-15-7-6-8-16-30)27-23(31)19-11-13-21(25-3)26-19/h9-13H,6-8,14-20H2,1-2,4-5H3,(H,31,34);8,10-12H,7,9,13-19H2,1-5H3,(H,31,35);9,11-13H,6-8,10,14-18H2,1-4H3,(H,30,33);10,12-13H,6-9,11,14-17H2,1-2,4-5H3,(H,27,31). The van der Waals surface area contributed by atoms with Gasteiger partial charge in [-0.25, -0.2) is 19.9 Å². The van der Waals surface area contributed by atoms with Crippen LogP contribution in [0, 0.1) is 42.5 Å². The zero-order valence-electron chi connectivity index (χ0n) is 83.9. The first-order valence-corrected chi connectivity index (χ1v) is 49.2. The summed E-state index contributed by atoms with van der Waals surface area (Å²) in [6.07, 6.45) is 36.7. The van der Waals surface area contributed by atoms with Crippen molar-refractivity contribution in [1.29, 1.82) is 0 Å². The Morgan fingerprint density at radius 2 is 0.824 bits per heavy atom. The minimum atomic E-state index is -0.558. The van der Waals surface area contributed by atoms with Crippen molar-refractivity contribution in [3.05, 3.63) is 206 Å². The number of rotatable bonds is 29. The monoisotopic (exact) mass is 1850 g/mol. The Bertz CT molecular complexity index is 5610. The number of aromatic nitrogens is 4. The van der Waals surface area contributed by atoms with E-state index in [-0.39, 0.29) is 74.6 Å². The Kier molecular flexibility index (Phi) is 35.2. The van der Waals surface area contributed by atoms with Crippen molar-refractivity contribution in [3.63, 3.8) is 0 Å². The van der Waals surface area contributed by atoms with Gasteiger partial charge in [-0.1, -0.05) is 110 Å². The molecule has 15 rings (SSSR count). The van der Waals surface area contributed by atoms with Crippen LogP contribution in [0.2, 0.25) is 0 Å². The van der Waals surface area contributed by atoms with Gasteiger partial charge in [0.1, 0.15) is 11.2 Å². The number of ether oxygens (including phenoxy) is 2. The molecule has 28 nitrogen and oxygen atoms in total. The molecule has 11 heterocycles. The molecule has 136 heavy (non-hydrogen) atoms. The van der Waals surface area contributed by atoms with E-state index in [0.29, 0.717) is 66.4 Å². The maximum absolute atomic E-state index is 13.0. The Balaban J connectivity index is 0.000000163. The molecule has 1 saturated carbocycles. The van der Waals surface area contributed by atoms with Crippen LogP contribution < -0.4 is 26.2 Å². The molecule has 724 valence electrons. The predicted molar refractivity (Wildman–Crippen MR) is 545 cm³/mol. The molecule has 0 aromatic carbocycles. The Morgan fingerprint density at radius 3 is 1.21 bits per heavy atom. The molecule has 0 unspecified atom stereocenters. The van der Waals surface area contributed by atoms with Gasteiger partial charge in [0, 0.05) is 71.7 Å². The number of anilines is 5. The summed E-state index contributed by atoms with van der Waals surface area (Å²) in [4.78, 5) is 112. The summed E-state index contributed by atoms with van der Waals surface area (Å²) < 4.78 is 17.8. The molecule has 0 atom stereocenters. The molecule has 4 N–H and O–H groups in total. The van der Waals surface area contributed by atoms with Crippen molar-refractivity contribution in [1.82, 2.24) is 44.4 Å². The Hall–Kier alpha value is -11.3. The largest absolute Gasteiger partial charge is 0.475 e. The topological polar surface area (TPSA) is 274 Å². The van der Waals surface area contributed by atoms with E-state index in [0.717, 1.165) is 213 Å². The number of amides is 4. The SMILES string of the molecule is [C-]#[N+]C1=CCC(C(=O)Nc2ccc(C(C)(C)N3CCCCC3)nc2C2=CCC(C)(C)CC2)=N1.[C-]#[N+]C1=CCC(C(=O)Nc2ccc(C(C)(C)N3CCN(CC)CC3)nc2C2=CCC(C)(C)CC2)=N1.[C-]#[N+]C1=CCC(C(=O)Nc2ccc(C(C)(C)OCCCN(C)C)nc2N2CCCCC2)=N1.[C-]#[N+]c1ccc(C(=O)Nc2ccc(C(C)(C)OCCCN(C)C)nc2C2=CCC3(CCCC3)CC2)o1. The molecule has 4 fully saturated rings. The molecular formula is C108H145N21O7. The molecule has 1 spiro atoms. The quantitative estimate of drug-likeness (QED) is 0.0256. The van der Waals surface area contributed by atoms with Crippen molar-refractivity contribution in [2.24, 2.45) is 31.2 Å². The number of pyridine rings is 4. The lowest BCUT2D eigenvalue weighted by Crippen LogP contribution is -2.53. The second-order valence-electron chi connectivity index (χ2n) is 41.7. The van der Waals surface area contributed by atoms with Gasteiger partial charge in [0.25, 0.3) is 41.1 Å². The summed E-state index contributed by atoms with van der Waals surface area (Å²) in [5, 5.41) is 12.1. The number of nitrogens with one attached hydrogen (secondary N) is 4. The van der Waals surface area contributed by atoms with Gasteiger partial charge in [0.15, 0.2) is 28.7 Å². The van der Waals surface area contributed by atoms with Crippen molar-refractivity contribution in [3.8, 4) is 0 Å². The van der Waals surface area contributed by atoms with E-state index >= 15 is 0 Å². The number of carbonyl (C=O) groups excluding carboxylic acids is 4.